The molecule has 0 bridgehead atoms. The van der Waals surface area contributed by atoms with E-state index in [4.69, 9.17) is 17.0 Å². The van der Waals surface area contributed by atoms with Gasteiger partial charge < -0.3 is 4.74 Å². The van der Waals surface area contributed by atoms with E-state index in [0.29, 0.717) is 10.4 Å². The minimum atomic E-state index is 0.0724. The normalized spacial score (nSPS) is 20.9. The third kappa shape index (κ3) is 4.01. The van der Waals surface area contributed by atoms with E-state index in [9.17, 15) is 4.79 Å². The van der Waals surface area contributed by atoms with Crippen LogP contribution in [0.4, 0.5) is 0 Å². The molecule has 2 aliphatic rings. The van der Waals surface area contributed by atoms with Gasteiger partial charge in [0.25, 0.3) is 5.91 Å². The average Bonchev–Trinajstić information content (AvgIpc) is 2.88. The van der Waals surface area contributed by atoms with Gasteiger partial charge >= 0.3 is 0 Å². The van der Waals surface area contributed by atoms with Crippen molar-refractivity contribution in [2.24, 2.45) is 0 Å². The maximum atomic E-state index is 12.8. The molecule has 1 aromatic rings. The van der Waals surface area contributed by atoms with Gasteiger partial charge in [0.1, 0.15) is 10.1 Å². The van der Waals surface area contributed by atoms with Gasteiger partial charge in [0.2, 0.25) is 0 Å². The fourth-order valence-electron chi connectivity index (χ4n) is 3.17. The van der Waals surface area contributed by atoms with Gasteiger partial charge in [-0.3, -0.25) is 9.69 Å². The van der Waals surface area contributed by atoms with Gasteiger partial charge in [-0.25, -0.2) is 0 Å². The molecule has 1 amide bonds. The molecule has 1 heterocycles. The van der Waals surface area contributed by atoms with Crippen LogP contribution in [-0.2, 0) is 4.79 Å². The fraction of sp³-hybridized carbons (Fsp3) is 0.474. The lowest BCUT2D eigenvalue weighted by molar-refractivity contribution is -0.124. The van der Waals surface area contributed by atoms with Crippen molar-refractivity contribution in [1.82, 2.24) is 4.90 Å². The molecule has 128 valence electrons. The number of amides is 1. The van der Waals surface area contributed by atoms with Crippen molar-refractivity contribution in [3.05, 3.63) is 34.7 Å². The standard InChI is InChI=1S/C19H23NO2S2/c1-2-12-22-16-10-8-14(9-11-16)13-17-18(21)20(19(23)24-17)15-6-4-3-5-7-15/h8-11,13,15H,2-7,12H2,1H3/b17-13+. The molecule has 1 saturated carbocycles. The minimum Gasteiger partial charge on any atom is -0.494 e. The summed E-state index contributed by atoms with van der Waals surface area (Å²) in [6.07, 6.45) is 8.73. The van der Waals surface area contributed by atoms with Crippen molar-refractivity contribution in [3.63, 3.8) is 0 Å². The Labute approximate surface area is 153 Å². The number of hydrogen-bond donors (Lipinski definition) is 0. The van der Waals surface area contributed by atoms with E-state index in [1.54, 1.807) is 0 Å². The Balaban J connectivity index is 1.71. The van der Waals surface area contributed by atoms with Gasteiger partial charge in [-0.05, 0) is 43.0 Å². The lowest BCUT2D eigenvalue weighted by Gasteiger charge is -2.29. The predicted octanol–water partition coefficient (Wildman–Crippen LogP) is 5.01. The zero-order valence-corrected chi connectivity index (χ0v) is 15.6. The van der Waals surface area contributed by atoms with Crippen LogP contribution in [0.2, 0.25) is 0 Å². The van der Waals surface area contributed by atoms with Crippen molar-refractivity contribution in [3.8, 4) is 5.75 Å². The first-order valence-corrected chi connectivity index (χ1v) is 9.91. The highest BCUT2D eigenvalue weighted by atomic mass is 32.2. The summed E-state index contributed by atoms with van der Waals surface area (Å²) >= 11 is 6.89. The average molecular weight is 362 g/mol. The van der Waals surface area contributed by atoms with Gasteiger partial charge in [0.15, 0.2) is 0 Å². The fourth-order valence-corrected chi connectivity index (χ4v) is 4.57. The van der Waals surface area contributed by atoms with Gasteiger partial charge in [-0.2, -0.15) is 0 Å². The van der Waals surface area contributed by atoms with E-state index in [2.05, 4.69) is 6.92 Å². The van der Waals surface area contributed by atoms with Gasteiger partial charge in [0.05, 0.1) is 11.5 Å². The first-order valence-electron chi connectivity index (χ1n) is 8.69. The zero-order valence-electron chi connectivity index (χ0n) is 14.0. The number of carbonyl (C=O) groups excluding carboxylic acids is 1. The Hall–Kier alpha value is -1.33. The minimum absolute atomic E-state index is 0.0724. The van der Waals surface area contributed by atoms with Crippen LogP contribution in [0.1, 0.15) is 51.0 Å². The van der Waals surface area contributed by atoms with Crippen LogP contribution >= 0.6 is 24.0 Å². The van der Waals surface area contributed by atoms with E-state index in [-0.39, 0.29) is 5.91 Å². The smallest absolute Gasteiger partial charge is 0.266 e. The van der Waals surface area contributed by atoms with Gasteiger partial charge in [-0.15, -0.1) is 0 Å². The lowest BCUT2D eigenvalue weighted by Crippen LogP contribution is -2.39. The number of thiocarbonyl (C=S) groups is 1. The Morgan fingerprint density at radius 1 is 1.25 bits per heavy atom. The summed E-state index contributed by atoms with van der Waals surface area (Å²) in [5, 5.41) is 0. The largest absolute Gasteiger partial charge is 0.494 e. The third-order valence-electron chi connectivity index (χ3n) is 4.41. The van der Waals surface area contributed by atoms with Crippen LogP contribution in [0, 0.1) is 0 Å². The summed E-state index contributed by atoms with van der Waals surface area (Å²) in [6.45, 7) is 2.81. The first-order chi connectivity index (χ1) is 11.7. The second kappa shape index (κ2) is 8.17. The molecule has 0 radical (unpaired) electrons. The number of carbonyl (C=O) groups is 1. The van der Waals surface area contributed by atoms with Crippen LogP contribution in [0.15, 0.2) is 29.2 Å². The van der Waals surface area contributed by atoms with Gasteiger partial charge in [0, 0.05) is 6.04 Å². The summed E-state index contributed by atoms with van der Waals surface area (Å²) < 4.78 is 6.30. The molecule has 5 heteroatoms. The van der Waals surface area contributed by atoms with Crippen molar-refractivity contribution >= 4 is 40.3 Å². The molecule has 24 heavy (non-hydrogen) atoms. The molecule has 0 N–H and O–H groups in total. The molecule has 0 unspecified atom stereocenters. The Kier molecular flexibility index (Phi) is 5.95. The van der Waals surface area contributed by atoms with Crippen LogP contribution in [0.5, 0.6) is 5.75 Å². The van der Waals surface area contributed by atoms with E-state index >= 15 is 0 Å². The van der Waals surface area contributed by atoms with E-state index < -0.39 is 0 Å². The summed E-state index contributed by atoms with van der Waals surface area (Å²) in [5.74, 6) is 0.937. The lowest BCUT2D eigenvalue weighted by atomic mass is 9.94. The summed E-state index contributed by atoms with van der Waals surface area (Å²) in [4.78, 5) is 15.3. The molecular weight excluding hydrogens is 338 g/mol. The van der Waals surface area contributed by atoms with Crippen molar-refractivity contribution in [1.29, 1.82) is 0 Å². The van der Waals surface area contributed by atoms with Gasteiger partial charge in [-0.1, -0.05) is 62.3 Å². The van der Waals surface area contributed by atoms with Crippen molar-refractivity contribution in [2.45, 2.75) is 51.5 Å². The highest BCUT2D eigenvalue weighted by Gasteiger charge is 2.37. The van der Waals surface area contributed by atoms with Crippen LogP contribution in [0.3, 0.4) is 0 Å². The molecule has 1 aliphatic carbocycles. The number of rotatable bonds is 5. The molecule has 2 fully saturated rings. The van der Waals surface area contributed by atoms with Crippen LogP contribution < -0.4 is 4.74 Å². The van der Waals surface area contributed by atoms with E-state index in [1.165, 1.54) is 31.0 Å². The second-order valence-electron chi connectivity index (χ2n) is 6.26. The molecule has 1 aliphatic heterocycles. The van der Waals surface area contributed by atoms with Crippen molar-refractivity contribution in [2.75, 3.05) is 6.61 Å². The quantitative estimate of drug-likeness (QED) is 0.545. The zero-order chi connectivity index (χ0) is 16.9. The topological polar surface area (TPSA) is 29.5 Å². The monoisotopic (exact) mass is 361 g/mol. The Morgan fingerprint density at radius 2 is 1.96 bits per heavy atom. The molecule has 0 atom stereocenters. The molecule has 1 aromatic carbocycles. The molecular formula is C19H23NO2S2. The summed E-state index contributed by atoms with van der Waals surface area (Å²) in [5.41, 5.74) is 1.00. The molecule has 1 saturated heterocycles. The second-order valence-corrected chi connectivity index (χ2v) is 7.94. The first kappa shape index (κ1) is 17.5. The van der Waals surface area contributed by atoms with Crippen LogP contribution in [-0.4, -0.2) is 27.8 Å². The van der Waals surface area contributed by atoms with Crippen LogP contribution in [0.25, 0.3) is 6.08 Å². The molecule has 3 rings (SSSR count). The number of hydrogen-bond acceptors (Lipinski definition) is 4. The van der Waals surface area contributed by atoms with E-state index in [1.807, 2.05) is 35.2 Å². The highest BCUT2D eigenvalue weighted by Crippen LogP contribution is 2.37. The SMILES string of the molecule is CCCOc1ccc(/C=C2/SC(=S)N(C3CCCCC3)C2=O)cc1. The predicted molar refractivity (Wildman–Crippen MR) is 104 cm³/mol. The summed E-state index contributed by atoms with van der Waals surface area (Å²) in [6, 6.07) is 8.16. The Bertz CT molecular complexity index is 633. The number of thioether (sulfide) groups is 1. The third-order valence-corrected chi connectivity index (χ3v) is 5.74. The maximum Gasteiger partial charge on any atom is 0.266 e. The maximum absolute atomic E-state index is 12.8. The number of nitrogens with zero attached hydrogens (tertiary/aromatic N) is 1. The molecule has 3 nitrogen and oxygen atoms in total. The number of benzene rings is 1. The van der Waals surface area contributed by atoms with E-state index in [0.717, 1.165) is 42.1 Å². The van der Waals surface area contributed by atoms with Crippen molar-refractivity contribution < 1.29 is 9.53 Å². The number of ether oxygens (including phenoxy) is 1. The molecule has 0 spiro atoms. The highest BCUT2D eigenvalue weighted by molar-refractivity contribution is 8.26. The molecule has 0 aromatic heterocycles. The Morgan fingerprint density at radius 3 is 2.62 bits per heavy atom. The summed E-state index contributed by atoms with van der Waals surface area (Å²) in [7, 11) is 0.